The second-order valence-corrected chi connectivity index (χ2v) is 3.07. The summed E-state index contributed by atoms with van der Waals surface area (Å²) in [6.07, 6.45) is 0.333. The first-order valence-corrected chi connectivity index (χ1v) is 4.35. The molecule has 1 aromatic carbocycles. The van der Waals surface area contributed by atoms with E-state index in [9.17, 15) is 4.79 Å². The standard InChI is InChI=1S/C11H13NO2/c1-8-5-3-4-6-9(8)7-10(12)11(13)14-2/h3-6,12H,7H2,1-2H3. The quantitative estimate of drug-likeness (QED) is 0.584. The Morgan fingerprint density at radius 3 is 2.64 bits per heavy atom. The molecule has 0 radical (unpaired) electrons. The van der Waals surface area contributed by atoms with Gasteiger partial charge in [0.05, 0.1) is 7.11 Å². The summed E-state index contributed by atoms with van der Waals surface area (Å²) in [5, 5.41) is 7.45. The normalized spacial score (nSPS) is 9.57. The Kier molecular flexibility index (Phi) is 3.40. The van der Waals surface area contributed by atoms with E-state index >= 15 is 0 Å². The van der Waals surface area contributed by atoms with Gasteiger partial charge in [-0.25, -0.2) is 4.79 Å². The summed E-state index contributed by atoms with van der Waals surface area (Å²) < 4.78 is 4.46. The molecule has 0 aliphatic heterocycles. The highest BCUT2D eigenvalue weighted by molar-refractivity contribution is 6.35. The largest absolute Gasteiger partial charge is 0.465 e. The van der Waals surface area contributed by atoms with Gasteiger partial charge in [0.1, 0.15) is 5.71 Å². The van der Waals surface area contributed by atoms with E-state index in [2.05, 4.69) is 4.74 Å². The van der Waals surface area contributed by atoms with Crippen molar-refractivity contribution in [2.24, 2.45) is 0 Å². The van der Waals surface area contributed by atoms with Crippen LogP contribution in [0, 0.1) is 12.3 Å². The van der Waals surface area contributed by atoms with E-state index in [0.717, 1.165) is 11.1 Å². The van der Waals surface area contributed by atoms with E-state index < -0.39 is 5.97 Å². The van der Waals surface area contributed by atoms with Crippen LogP contribution in [0.1, 0.15) is 11.1 Å². The lowest BCUT2D eigenvalue weighted by Gasteiger charge is -2.04. The van der Waals surface area contributed by atoms with Crippen molar-refractivity contribution in [3.63, 3.8) is 0 Å². The van der Waals surface area contributed by atoms with Crippen LogP contribution in [-0.4, -0.2) is 18.8 Å². The Hall–Kier alpha value is -1.64. The minimum Gasteiger partial charge on any atom is -0.465 e. The highest BCUT2D eigenvalue weighted by Crippen LogP contribution is 2.08. The maximum Gasteiger partial charge on any atom is 0.352 e. The van der Waals surface area contributed by atoms with Gasteiger partial charge < -0.3 is 4.74 Å². The molecule has 0 saturated carbocycles. The van der Waals surface area contributed by atoms with Gasteiger partial charge in [0.2, 0.25) is 0 Å². The predicted molar refractivity (Wildman–Crippen MR) is 54.6 cm³/mol. The van der Waals surface area contributed by atoms with Gasteiger partial charge in [-0.3, -0.25) is 5.41 Å². The van der Waals surface area contributed by atoms with Crippen molar-refractivity contribution >= 4 is 11.7 Å². The minimum absolute atomic E-state index is 0.0122. The van der Waals surface area contributed by atoms with Crippen LogP contribution in [0.5, 0.6) is 0 Å². The number of nitrogens with one attached hydrogen (secondary N) is 1. The monoisotopic (exact) mass is 191 g/mol. The van der Waals surface area contributed by atoms with Crippen molar-refractivity contribution in [1.29, 1.82) is 5.41 Å². The van der Waals surface area contributed by atoms with E-state index in [0.29, 0.717) is 6.42 Å². The molecule has 74 valence electrons. The first-order valence-electron chi connectivity index (χ1n) is 4.35. The van der Waals surface area contributed by atoms with Crippen LogP contribution in [0.25, 0.3) is 0 Å². The van der Waals surface area contributed by atoms with Gasteiger partial charge in [0.15, 0.2) is 0 Å². The third kappa shape index (κ3) is 2.42. The average Bonchev–Trinajstić information content (AvgIpc) is 2.20. The fraction of sp³-hybridized carbons (Fsp3) is 0.273. The smallest absolute Gasteiger partial charge is 0.352 e. The summed E-state index contributed by atoms with van der Waals surface area (Å²) in [7, 11) is 1.29. The van der Waals surface area contributed by atoms with Crippen LogP contribution in [0.4, 0.5) is 0 Å². The van der Waals surface area contributed by atoms with Crippen LogP contribution in [0.3, 0.4) is 0 Å². The molecule has 3 heteroatoms. The van der Waals surface area contributed by atoms with E-state index in [1.807, 2.05) is 31.2 Å². The predicted octanol–water partition coefficient (Wildman–Crippen LogP) is 1.73. The molecule has 0 aliphatic carbocycles. The Morgan fingerprint density at radius 2 is 2.07 bits per heavy atom. The molecule has 14 heavy (non-hydrogen) atoms. The summed E-state index contributed by atoms with van der Waals surface area (Å²) >= 11 is 0. The van der Waals surface area contributed by atoms with E-state index in [1.165, 1.54) is 7.11 Å². The zero-order valence-electron chi connectivity index (χ0n) is 8.33. The Balaban J connectivity index is 2.75. The van der Waals surface area contributed by atoms with Crippen molar-refractivity contribution in [2.75, 3.05) is 7.11 Å². The molecular formula is C11H13NO2. The molecule has 1 N–H and O–H groups in total. The van der Waals surface area contributed by atoms with Crippen LogP contribution in [0.15, 0.2) is 24.3 Å². The lowest BCUT2D eigenvalue weighted by molar-refractivity contribution is -0.132. The first kappa shape index (κ1) is 10.4. The van der Waals surface area contributed by atoms with Gasteiger partial charge in [-0.1, -0.05) is 24.3 Å². The number of ether oxygens (including phenoxy) is 1. The molecule has 3 nitrogen and oxygen atoms in total. The van der Waals surface area contributed by atoms with E-state index in [1.54, 1.807) is 0 Å². The Labute approximate surface area is 83.2 Å². The summed E-state index contributed by atoms with van der Waals surface area (Å²) in [5.41, 5.74) is 2.06. The van der Waals surface area contributed by atoms with Crippen molar-refractivity contribution in [1.82, 2.24) is 0 Å². The molecule has 0 saturated heterocycles. The molecule has 0 aromatic heterocycles. The van der Waals surface area contributed by atoms with Gasteiger partial charge in [-0.15, -0.1) is 0 Å². The maximum atomic E-state index is 11.0. The lowest BCUT2D eigenvalue weighted by atomic mass is 10.0. The number of rotatable bonds is 3. The Morgan fingerprint density at radius 1 is 1.43 bits per heavy atom. The fourth-order valence-electron chi connectivity index (χ4n) is 1.19. The molecule has 0 atom stereocenters. The highest BCUT2D eigenvalue weighted by atomic mass is 16.5. The molecule has 1 aromatic rings. The number of aryl methyl sites for hydroxylation is 1. The summed E-state index contributed by atoms with van der Waals surface area (Å²) in [5.74, 6) is -0.562. The fourth-order valence-corrected chi connectivity index (χ4v) is 1.19. The second-order valence-electron chi connectivity index (χ2n) is 3.07. The van der Waals surface area contributed by atoms with Crippen molar-refractivity contribution in [3.05, 3.63) is 35.4 Å². The first-order chi connectivity index (χ1) is 6.65. The topological polar surface area (TPSA) is 50.2 Å². The summed E-state index contributed by atoms with van der Waals surface area (Å²) in [4.78, 5) is 11.0. The number of carbonyl (C=O) groups excluding carboxylic acids is 1. The molecular weight excluding hydrogens is 178 g/mol. The van der Waals surface area contributed by atoms with Crippen molar-refractivity contribution in [2.45, 2.75) is 13.3 Å². The molecule has 0 spiro atoms. The van der Waals surface area contributed by atoms with Crippen molar-refractivity contribution in [3.8, 4) is 0 Å². The third-order valence-corrected chi connectivity index (χ3v) is 2.06. The average molecular weight is 191 g/mol. The van der Waals surface area contributed by atoms with Crippen LogP contribution in [-0.2, 0) is 16.0 Å². The van der Waals surface area contributed by atoms with Gasteiger partial charge in [0, 0.05) is 6.42 Å². The number of carbonyl (C=O) groups is 1. The molecule has 0 aliphatic rings. The van der Waals surface area contributed by atoms with Gasteiger partial charge in [0.25, 0.3) is 0 Å². The minimum atomic E-state index is -0.562. The molecule has 0 fully saturated rings. The van der Waals surface area contributed by atoms with E-state index in [4.69, 9.17) is 5.41 Å². The summed E-state index contributed by atoms with van der Waals surface area (Å²) in [6, 6.07) is 7.69. The zero-order chi connectivity index (χ0) is 10.6. The van der Waals surface area contributed by atoms with Crippen LogP contribution >= 0.6 is 0 Å². The molecule has 0 heterocycles. The molecule has 0 bridgehead atoms. The van der Waals surface area contributed by atoms with E-state index in [-0.39, 0.29) is 5.71 Å². The SMILES string of the molecule is COC(=O)C(=N)Cc1ccccc1C. The van der Waals surface area contributed by atoms with Crippen LogP contribution in [0.2, 0.25) is 0 Å². The molecule has 0 unspecified atom stereocenters. The number of benzene rings is 1. The van der Waals surface area contributed by atoms with Crippen LogP contribution < -0.4 is 0 Å². The number of esters is 1. The number of methoxy groups -OCH3 is 1. The summed E-state index contributed by atoms with van der Waals surface area (Å²) in [6.45, 7) is 1.96. The number of hydrogen-bond acceptors (Lipinski definition) is 3. The number of hydrogen-bond donors (Lipinski definition) is 1. The zero-order valence-corrected chi connectivity index (χ0v) is 8.33. The van der Waals surface area contributed by atoms with Gasteiger partial charge >= 0.3 is 5.97 Å². The molecule has 1 rings (SSSR count). The molecule has 0 amide bonds. The third-order valence-electron chi connectivity index (χ3n) is 2.06. The second kappa shape index (κ2) is 4.56. The Bertz CT molecular complexity index is 358. The van der Waals surface area contributed by atoms with Gasteiger partial charge in [-0.2, -0.15) is 0 Å². The maximum absolute atomic E-state index is 11.0. The van der Waals surface area contributed by atoms with Crippen molar-refractivity contribution < 1.29 is 9.53 Å². The highest BCUT2D eigenvalue weighted by Gasteiger charge is 2.10. The lowest BCUT2D eigenvalue weighted by Crippen LogP contribution is -2.17. The van der Waals surface area contributed by atoms with Gasteiger partial charge in [-0.05, 0) is 18.1 Å².